The highest BCUT2D eigenvalue weighted by atomic mass is 32.2. The van der Waals surface area contributed by atoms with Crippen molar-refractivity contribution in [2.24, 2.45) is 0 Å². The van der Waals surface area contributed by atoms with Gasteiger partial charge in [-0.1, -0.05) is 6.07 Å². The molecule has 1 atom stereocenters. The Hall–Kier alpha value is -0.980. The summed E-state index contributed by atoms with van der Waals surface area (Å²) in [7, 11) is -2.34. The molecular formula is C11H14FNO3S. The minimum atomic E-state index is -3.76. The number of halogens is 1. The normalized spacial score (nSPS) is 19.6. The average Bonchev–Trinajstić information content (AvgIpc) is 3.00. The van der Waals surface area contributed by atoms with E-state index < -0.39 is 15.8 Å². The quantitative estimate of drug-likeness (QED) is 0.762. The third kappa shape index (κ3) is 2.65. The van der Waals surface area contributed by atoms with Gasteiger partial charge in [-0.15, -0.1) is 0 Å². The van der Waals surface area contributed by atoms with Crippen LogP contribution in [0, 0.1) is 12.7 Å². The summed E-state index contributed by atoms with van der Waals surface area (Å²) >= 11 is 0. The van der Waals surface area contributed by atoms with Gasteiger partial charge in [0.15, 0.2) is 0 Å². The van der Waals surface area contributed by atoms with E-state index in [2.05, 4.69) is 0 Å². The summed E-state index contributed by atoms with van der Waals surface area (Å²) in [6.07, 6.45) is -0.0525. The molecule has 6 heteroatoms. The third-order valence-corrected chi connectivity index (χ3v) is 4.50. The zero-order valence-electron chi connectivity index (χ0n) is 9.68. The zero-order chi connectivity index (χ0) is 12.6. The van der Waals surface area contributed by atoms with E-state index in [4.69, 9.17) is 4.74 Å². The highest BCUT2D eigenvalue weighted by Gasteiger charge is 2.31. The van der Waals surface area contributed by atoms with Crippen molar-refractivity contribution in [1.82, 2.24) is 4.31 Å². The van der Waals surface area contributed by atoms with Crippen LogP contribution < -0.4 is 0 Å². The minimum Gasteiger partial charge on any atom is -0.372 e. The number of hydrogen-bond donors (Lipinski definition) is 0. The van der Waals surface area contributed by atoms with Gasteiger partial charge in [0, 0.05) is 13.6 Å². The molecule has 1 aromatic rings. The van der Waals surface area contributed by atoms with Crippen LogP contribution in [0.4, 0.5) is 4.39 Å². The van der Waals surface area contributed by atoms with E-state index in [0.717, 1.165) is 4.31 Å². The number of rotatable bonds is 4. The molecule has 0 amide bonds. The van der Waals surface area contributed by atoms with Crippen LogP contribution in [0.2, 0.25) is 0 Å². The predicted octanol–water partition coefficient (Wildman–Crippen LogP) is 1.15. The number of benzene rings is 1. The maximum Gasteiger partial charge on any atom is 0.245 e. The fraction of sp³-hybridized carbons (Fsp3) is 0.455. The standard InChI is InChI=1S/C11H14FNO3S/c1-8-3-4-11(10(12)5-8)17(14,15)13(2)6-9-7-16-9/h3-5,9H,6-7H2,1-2H3/t9-/m0/s1. The Bertz CT molecular complexity index is 526. The smallest absolute Gasteiger partial charge is 0.245 e. The summed E-state index contributed by atoms with van der Waals surface area (Å²) in [6.45, 7) is 2.53. The number of aryl methyl sites for hydroxylation is 1. The molecule has 1 aliphatic rings. The SMILES string of the molecule is Cc1ccc(S(=O)(=O)N(C)C[C@H]2CO2)c(F)c1. The molecule has 1 saturated heterocycles. The molecule has 0 bridgehead atoms. The van der Waals surface area contributed by atoms with Crippen LogP contribution in [0.5, 0.6) is 0 Å². The van der Waals surface area contributed by atoms with Gasteiger partial charge in [0.05, 0.1) is 12.7 Å². The first-order chi connectivity index (χ1) is 7.91. The first-order valence-electron chi connectivity index (χ1n) is 5.25. The van der Waals surface area contributed by atoms with E-state index in [9.17, 15) is 12.8 Å². The van der Waals surface area contributed by atoms with E-state index in [-0.39, 0.29) is 17.5 Å². The lowest BCUT2D eigenvalue weighted by molar-refractivity contribution is 0.358. The Morgan fingerprint density at radius 3 is 2.71 bits per heavy atom. The van der Waals surface area contributed by atoms with Gasteiger partial charge >= 0.3 is 0 Å². The Balaban J connectivity index is 2.29. The lowest BCUT2D eigenvalue weighted by atomic mass is 10.2. The summed E-state index contributed by atoms with van der Waals surface area (Å²) in [5.41, 5.74) is 0.689. The van der Waals surface area contributed by atoms with Crippen LogP contribution >= 0.6 is 0 Å². The van der Waals surface area contributed by atoms with Crippen molar-refractivity contribution in [3.63, 3.8) is 0 Å². The van der Waals surface area contributed by atoms with Gasteiger partial charge in [0.25, 0.3) is 0 Å². The first-order valence-corrected chi connectivity index (χ1v) is 6.69. The maximum absolute atomic E-state index is 13.6. The molecule has 1 heterocycles. The molecule has 1 aromatic carbocycles. The first kappa shape index (κ1) is 12.5. The molecule has 0 unspecified atom stereocenters. The number of hydrogen-bond acceptors (Lipinski definition) is 3. The predicted molar refractivity (Wildman–Crippen MR) is 60.7 cm³/mol. The van der Waals surface area contributed by atoms with Gasteiger partial charge < -0.3 is 4.74 Å². The van der Waals surface area contributed by atoms with Gasteiger partial charge in [0.1, 0.15) is 10.7 Å². The van der Waals surface area contributed by atoms with Crippen LogP contribution in [0.15, 0.2) is 23.1 Å². The molecular weight excluding hydrogens is 245 g/mol. The van der Waals surface area contributed by atoms with E-state index in [1.807, 2.05) is 0 Å². The Morgan fingerprint density at radius 1 is 1.53 bits per heavy atom. The molecule has 0 spiro atoms. The van der Waals surface area contributed by atoms with Crippen molar-refractivity contribution < 1.29 is 17.5 Å². The second-order valence-electron chi connectivity index (χ2n) is 4.17. The highest BCUT2D eigenvalue weighted by molar-refractivity contribution is 7.89. The van der Waals surface area contributed by atoms with Crippen LogP contribution in [-0.2, 0) is 14.8 Å². The number of ether oxygens (including phenoxy) is 1. The lowest BCUT2D eigenvalue weighted by Crippen LogP contribution is -2.31. The van der Waals surface area contributed by atoms with Gasteiger partial charge in [0.2, 0.25) is 10.0 Å². The van der Waals surface area contributed by atoms with Crippen LogP contribution in [0.3, 0.4) is 0 Å². The molecule has 0 radical (unpaired) electrons. The summed E-state index contributed by atoms with van der Waals surface area (Å²) in [6, 6.07) is 4.09. The number of sulfonamides is 1. The van der Waals surface area contributed by atoms with E-state index >= 15 is 0 Å². The van der Waals surface area contributed by atoms with Crippen LogP contribution in [0.1, 0.15) is 5.56 Å². The Labute approximate surface area is 100 Å². The monoisotopic (exact) mass is 259 g/mol. The van der Waals surface area contributed by atoms with Crippen molar-refractivity contribution in [2.45, 2.75) is 17.9 Å². The van der Waals surface area contributed by atoms with Crippen LogP contribution in [0.25, 0.3) is 0 Å². The summed E-state index contributed by atoms with van der Waals surface area (Å²) in [5.74, 6) is -0.714. The molecule has 2 rings (SSSR count). The fourth-order valence-corrected chi connectivity index (χ4v) is 2.78. The van der Waals surface area contributed by atoms with Crippen molar-refractivity contribution in [2.75, 3.05) is 20.2 Å². The zero-order valence-corrected chi connectivity index (χ0v) is 10.5. The van der Waals surface area contributed by atoms with Crippen LogP contribution in [-0.4, -0.2) is 39.0 Å². The summed E-state index contributed by atoms with van der Waals surface area (Å²) in [4.78, 5) is -0.286. The van der Waals surface area contributed by atoms with E-state index in [1.165, 1.54) is 19.2 Å². The van der Waals surface area contributed by atoms with Gasteiger partial charge in [-0.3, -0.25) is 0 Å². The molecule has 0 aromatic heterocycles. The van der Waals surface area contributed by atoms with Crippen molar-refractivity contribution in [1.29, 1.82) is 0 Å². The highest BCUT2D eigenvalue weighted by Crippen LogP contribution is 2.21. The second-order valence-corrected chi connectivity index (χ2v) is 6.19. The number of likely N-dealkylation sites (N-methyl/N-ethyl adjacent to an activating group) is 1. The van der Waals surface area contributed by atoms with E-state index in [0.29, 0.717) is 12.2 Å². The van der Waals surface area contributed by atoms with Crippen molar-refractivity contribution in [3.8, 4) is 0 Å². The lowest BCUT2D eigenvalue weighted by Gasteiger charge is -2.16. The fourth-order valence-electron chi connectivity index (χ4n) is 1.54. The van der Waals surface area contributed by atoms with Gasteiger partial charge in [-0.2, -0.15) is 4.31 Å². The summed E-state index contributed by atoms with van der Waals surface area (Å²) < 4.78 is 43.8. The second kappa shape index (κ2) is 4.36. The van der Waals surface area contributed by atoms with Gasteiger partial charge in [-0.25, -0.2) is 12.8 Å². The molecule has 17 heavy (non-hydrogen) atoms. The Morgan fingerprint density at radius 2 is 2.18 bits per heavy atom. The molecule has 4 nitrogen and oxygen atoms in total. The average molecular weight is 259 g/mol. The largest absolute Gasteiger partial charge is 0.372 e. The topological polar surface area (TPSA) is 49.9 Å². The Kier molecular flexibility index (Phi) is 3.20. The molecule has 0 saturated carbocycles. The van der Waals surface area contributed by atoms with Crippen molar-refractivity contribution >= 4 is 10.0 Å². The molecule has 94 valence electrons. The molecule has 1 fully saturated rings. The third-order valence-electron chi connectivity index (χ3n) is 2.64. The van der Waals surface area contributed by atoms with Crippen molar-refractivity contribution in [3.05, 3.63) is 29.6 Å². The number of nitrogens with zero attached hydrogens (tertiary/aromatic N) is 1. The van der Waals surface area contributed by atoms with E-state index in [1.54, 1.807) is 13.0 Å². The number of epoxide rings is 1. The molecule has 0 N–H and O–H groups in total. The maximum atomic E-state index is 13.6. The van der Waals surface area contributed by atoms with Gasteiger partial charge in [-0.05, 0) is 24.6 Å². The summed E-state index contributed by atoms with van der Waals surface area (Å²) in [5, 5.41) is 0. The molecule has 1 aliphatic heterocycles. The molecule has 0 aliphatic carbocycles. The minimum absolute atomic E-state index is 0.0525.